The van der Waals surface area contributed by atoms with Gasteiger partial charge in [0, 0.05) is 26.7 Å². The van der Waals surface area contributed by atoms with Gasteiger partial charge in [-0.15, -0.1) is 0 Å². The lowest BCUT2D eigenvalue weighted by Gasteiger charge is -2.26. The van der Waals surface area contributed by atoms with Crippen LogP contribution >= 0.6 is 0 Å². The van der Waals surface area contributed by atoms with E-state index in [4.69, 9.17) is 9.47 Å². The van der Waals surface area contributed by atoms with E-state index in [-0.39, 0.29) is 6.03 Å². The van der Waals surface area contributed by atoms with Gasteiger partial charge in [0.25, 0.3) is 0 Å². The highest BCUT2D eigenvalue weighted by molar-refractivity contribution is 5.73. The van der Waals surface area contributed by atoms with Crippen LogP contribution in [0.4, 0.5) is 4.79 Å². The maximum absolute atomic E-state index is 11.2. The van der Waals surface area contributed by atoms with E-state index in [0.717, 1.165) is 13.1 Å². The van der Waals surface area contributed by atoms with Crippen molar-refractivity contribution in [3.63, 3.8) is 0 Å². The largest absolute Gasteiger partial charge is 0.383 e. The van der Waals surface area contributed by atoms with E-state index in [1.165, 1.54) is 0 Å². The Labute approximate surface area is 83.5 Å². The van der Waals surface area contributed by atoms with E-state index in [1.807, 2.05) is 5.01 Å². The van der Waals surface area contributed by atoms with Gasteiger partial charge >= 0.3 is 6.03 Å². The molecule has 6 nitrogen and oxygen atoms in total. The Balaban J connectivity index is 2.06. The van der Waals surface area contributed by atoms with Crippen molar-refractivity contribution < 1.29 is 14.3 Å². The fourth-order valence-corrected chi connectivity index (χ4v) is 1.12. The molecule has 0 aliphatic carbocycles. The lowest BCUT2D eigenvalue weighted by atomic mass is 10.5. The minimum absolute atomic E-state index is 0.191. The second-order valence-electron chi connectivity index (χ2n) is 2.96. The van der Waals surface area contributed by atoms with E-state index >= 15 is 0 Å². The monoisotopic (exact) mass is 203 g/mol. The van der Waals surface area contributed by atoms with Crippen LogP contribution in [-0.4, -0.2) is 57.6 Å². The predicted molar refractivity (Wildman–Crippen MR) is 50.8 cm³/mol. The molecule has 2 amide bonds. The lowest BCUT2D eigenvalue weighted by molar-refractivity contribution is 0.0194. The average Bonchev–Trinajstić information content (AvgIpc) is 2.20. The summed E-state index contributed by atoms with van der Waals surface area (Å²) < 4.78 is 9.95. The summed E-state index contributed by atoms with van der Waals surface area (Å²) in [6.07, 6.45) is 0. The van der Waals surface area contributed by atoms with Gasteiger partial charge in [-0.05, 0) is 0 Å². The minimum Gasteiger partial charge on any atom is -0.383 e. The van der Waals surface area contributed by atoms with Gasteiger partial charge in [0.2, 0.25) is 0 Å². The molecule has 2 N–H and O–H groups in total. The van der Waals surface area contributed by atoms with Gasteiger partial charge in [0.15, 0.2) is 0 Å². The third-order valence-corrected chi connectivity index (χ3v) is 1.86. The maximum atomic E-state index is 11.2. The van der Waals surface area contributed by atoms with Crippen LogP contribution in [0.15, 0.2) is 0 Å². The summed E-state index contributed by atoms with van der Waals surface area (Å²) in [5.41, 5.74) is 2.73. The SMILES string of the molecule is COCCNC(=O)NN1CCOCC1. The Bertz CT molecular complexity index is 171. The van der Waals surface area contributed by atoms with Crippen molar-refractivity contribution in [1.29, 1.82) is 0 Å². The first-order valence-electron chi connectivity index (χ1n) is 4.69. The Morgan fingerprint density at radius 2 is 2.21 bits per heavy atom. The van der Waals surface area contributed by atoms with Crippen LogP contribution in [0, 0.1) is 0 Å². The van der Waals surface area contributed by atoms with Crippen molar-refractivity contribution in [2.24, 2.45) is 0 Å². The third-order valence-electron chi connectivity index (χ3n) is 1.86. The van der Waals surface area contributed by atoms with Gasteiger partial charge in [-0.25, -0.2) is 9.80 Å². The minimum atomic E-state index is -0.191. The Kier molecular flexibility index (Phi) is 5.28. The number of rotatable bonds is 4. The summed E-state index contributed by atoms with van der Waals surface area (Å²) in [6, 6.07) is -0.191. The normalized spacial score (nSPS) is 17.8. The number of nitrogens with one attached hydrogen (secondary N) is 2. The molecule has 0 spiro atoms. The van der Waals surface area contributed by atoms with Crippen LogP contribution in [0.5, 0.6) is 0 Å². The molecule has 0 radical (unpaired) electrons. The molecular weight excluding hydrogens is 186 g/mol. The Morgan fingerprint density at radius 1 is 1.50 bits per heavy atom. The van der Waals surface area contributed by atoms with Crippen molar-refractivity contribution in [2.75, 3.05) is 46.6 Å². The van der Waals surface area contributed by atoms with E-state index in [0.29, 0.717) is 26.4 Å². The smallest absolute Gasteiger partial charge is 0.329 e. The molecule has 0 aromatic carbocycles. The summed E-state index contributed by atoms with van der Waals surface area (Å²) in [5, 5.41) is 4.51. The highest BCUT2D eigenvalue weighted by Crippen LogP contribution is 1.91. The molecule has 0 saturated carbocycles. The fourth-order valence-electron chi connectivity index (χ4n) is 1.12. The molecule has 1 rings (SSSR count). The number of carbonyl (C=O) groups is 1. The van der Waals surface area contributed by atoms with Gasteiger partial charge in [0.1, 0.15) is 0 Å². The standard InChI is InChI=1S/C8H17N3O3/c1-13-5-2-9-8(12)10-11-3-6-14-7-4-11/h2-7H2,1H3,(H2,9,10,12). The van der Waals surface area contributed by atoms with Gasteiger partial charge < -0.3 is 14.8 Å². The van der Waals surface area contributed by atoms with Gasteiger partial charge in [-0.2, -0.15) is 0 Å². The van der Waals surface area contributed by atoms with Crippen LogP contribution in [-0.2, 0) is 9.47 Å². The van der Waals surface area contributed by atoms with Crippen molar-refractivity contribution in [2.45, 2.75) is 0 Å². The molecule has 1 fully saturated rings. The topological polar surface area (TPSA) is 62.8 Å². The van der Waals surface area contributed by atoms with Gasteiger partial charge in [-0.1, -0.05) is 0 Å². The number of urea groups is 1. The summed E-state index contributed by atoms with van der Waals surface area (Å²) in [7, 11) is 1.60. The zero-order chi connectivity index (χ0) is 10.2. The molecule has 0 atom stereocenters. The van der Waals surface area contributed by atoms with E-state index in [9.17, 15) is 4.79 Å². The highest BCUT2D eigenvalue weighted by atomic mass is 16.5. The van der Waals surface area contributed by atoms with E-state index in [2.05, 4.69) is 10.7 Å². The third kappa shape index (κ3) is 4.40. The quantitative estimate of drug-likeness (QED) is 0.586. The number of methoxy groups -OCH3 is 1. The van der Waals surface area contributed by atoms with Gasteiger partial charge in [0.05, 0.1) is 19.8 Å². The van der Waals surface area contributed by atoms with E-state index in [1.54, 1.807) is 7.11 Å². The first kappa shape index (κ1) is 11.2. The van der Waals surface area contributed by atoms with Crippen LogP contribution in [0.3, 0.4) is 0 Å². The number of ether oxygens (including phenoxy) is 2. The molecule has 82 valence electrons. The second kappa shape index (κ2) is 6.58. The molecule has 1 saturated heterocycles. The zero-order valence-electron chi connectivity index (χ0n) is 8.41. The van der Waals surface area contributed by atoms with Crippen LogP contribution in [0.1, 0.15) is 0 Å². The molecule has 14 heavy (non-hydrogen) atoms. The van der Waals surface area contributed by atoms with Gasteiger partial charge in [-0.3, -0.25) is 5.43 Å². The first-order chi connectivity index (χ1) is 6.83. The molecule has 0 aromatic rings. The molecule has 1 aliphatic heterocycles. The number of amides is 2. The van der Waals surface area contributed by atoms with Crippen molar-refractivity contribution >= 4 is 6.03 Å². The maximum Gasteiger partial charge on any atom is 0.329 e. The second-order valence-corrected chi connectivity index (χ2v) is 2.96. The van der Waals surface area contributed by atoms with Crippen LogP contribution in [0.2, 0.25) is 0 Å². The summed E-state index contributed by atoms with van der Waals surface area (Å²) in [5.74, 6) is 0. The molecule has 6 heteroatoms. The van der Waals surface area contributed by atoms with Crippen molar-refractivity contribution in [1.82, 2.24) is 15.8 Å². The fraction of sp³-hybridized carbons (Fsp3) is 0.875. The first-order valence-corrected chi connectivity index (χ1v) is 4.69. The van der Waals surface area contributed by atoms with Crippen LogP contribution < -0.4 is 10.7 Å². The van der Waals surface area contributed by atoms with Crippen LogP contribution in [0.25, 0.3) is 0 Å². The molecular formula is C8H17N3O3. The lowest BCUT2D eigenvalue weighted by Crippen LogP contribution is -2.52. The number of carbonyl (C=O) groups excluding carboxylic acids is 1. The number of hydrogen-bond acceptors (Lipinski definition) is 4. The van der Waals surface area contributed by atoms with E-state index < -0.39 is 0 Å². The predicted octanol–water partition coefficient (Wildman–Crippen LogP) is -0.821. The summed E-state index contributed by atoms with van der Waals surface area (Å²) in [6.45, 7) is 3.84. The Morgan fingerprint density at radius 3 is 2.86 bits per heavy atom. The Hall–Kier alpha value is -0.850. The number of nitrogens with zero attached hydrogens (tertiary/aromatic N) is 1. The summed E-state index contributed by atoms with van der Waals surface area (Å²) in [4.78, 5) is 11.2. The molecule has 0 unspecified atom stereocenters. The average molecular weight is 203 g/mol. The molecule has 1 heterocycles. The number of morpholine rings is 1. The van der Waals surface area contributed by atoms with Crippen molar-refractivity contribution in [3.05, 3.63) is 0 Å². The van der Waals surface area contributed by atoms with Crippen molar-refractivity contribution in [3.8, 4) is 0 Å². The molecule has 0 bridgehead atoms. The highest BCUT2D eigenvalue weighted by Gasteiger charge is 2.11. The number of hydrazine groups is 1. The summed E-state index contributed by atoms with van der Waals surface area (Å²) >= 11 is 0. The number of hydrogen-bond donors (Lipinski definition) is 2. The molecule has 1 aliphatic rings. The zero-order valence-corrected chi connectivity index (χ0v) is 8.41. The molecule has 0 aromatic heterocycles.